The second kappa shape index (κ2) is 2.98. The molecule has 1 saturated heterocycles. The molecule has 0 spiro atoms. The summed E-state index contributed by atoms with van der Waals surface area (Å²) in [5.41, 5.74) is 0. The molecule has 10 heavy (non-hydrogen) atoms. The molecule has 1 unspecified atom stereocenters. The van der Waals surface area contributed by atoms with Crippen molar-refractivity contribution in [1.29, 1.82) is 0 Å². The summed E-state index contributed by atoms with van der Waals surface area (Å²) in [7, 11) is 1.79. The Bertz CT molecular complexity index is 138. The number of likely N-dealkylation sites (N-methyl/N-ethyl adjacent to an activating group) is 1. The van der Waals surface area contributed by atoms with Gasteiger partial charge in [0, 0.05) is 6.04 Å². The SMILES string of the molecule is CNC1CCN[C@@H]1C(=O)O. The fourth-order valence-corrected chi connectivity index (χ4v) is 1.27. The van der Waals surface area contributed by atoms with Gasteiger partial charge in [0.05, 0.1) is 0 Å². The van der Waals surface area contributed by atoms with Crippen LogP contribution in [0, 0.1) is 0 Å². The van der Waals surface area contributed by atoms with E-state index in [0.29, 0.717) is 0 Å². The molecule has 2 atom stereocenters. The third-order valence-electron chi connectivity index (χ3n) is 1.86. The maximum absolute atomic E-state index is 10.5. The lowest BCUT2D eigenvalue weighted by atomic mass is 10.1. The lowest BCUT2D eigenvalue weighted by molar-refractivity contribution is -0.139. The summed E-state index contributed by atoms with van der Waals surface area (Å²) in [5, 5.41) is 14.5. The first-order valence-corrected chi connectivity index (χ1v) is 3.39. The third kappa shape index (κ3) is 1.27. The predicted octanol–water partition coefficient (Wildman–Crippen LogP) is -0.979. The Morgan fingerprint density at radius 3 is 2.90 bits per heavy atom. The maximum atomic E-state index is 10.5. The lowest BCUT2D eigenvalue weighted by Crippen LogP contribution is -2.44. The molecule has 1 rings (SSSR count). The van der Waals surface area contributed by atoms with Crippen molar-refractivity contribution in [3.05, 3.63) is 0 Å². The molecule has 0 radical (unpaired) electrons. The Hall–Kier alpha value is -0.610. The van der Waals surface area contributed by atoms with Gasteiger partial charge in [0.15, 0.2) is 0 Å². The molecule has 4 nitrogen and oxygen atoms in total. The molecular formula is C6H12N2O2. The number of carbonyl (C=O) groups is 1. The van der Waals surface area contributed by atoms with Crippen molar-refractivity contribution in [1.82, 2.24) is 10.6 Å². The average molecular weight is 144 g/mol. The second-order valence-electron chi connectivity index (χ2n) is 2.45. The molecule has 4 heteroatoms. The summed E-state index contributed by atoms with van der Waals surface area (Å²) in [6.45, 7) is 0.794. The minimum atomic E-state index is -0.767. The van der Waals surface area contributed by atoms with Crippen molar-refractivity contribution in [2.75, 3.05) is 13.6 Å². The first-order valence-electron chi connectivity index (χ1n) is 3.39. The molecule has 0 aromatic heterocycles. The van der Waals surface area contributed by atoms with Crippen molar-refractivity contribution in [3.8, 4) is 0 Å². The van der Waals surface area contributed by atoms with Gasteiger partial charge in [0.1, 0.15) is 6.04 Å². The van der Waals surface area contributed by atoms with Crippen molar-refractivity contribution < 1.29 is 9.90 Å². The number of aliphatic carboxylic acids is 1. The van der Waals surface area contributed by atoms with E-state index in [1.54, 1.807) is 7.05 Å². The van der Waals surface area contributed by atoms with Crippen LogP contribution in [0.5, 0.6) is 0 Å². The van der Waals surface area contributed by atoms with Crippen LogP contribution in [0.15, 0.2) is 0 Å². The van der Waals surface area contributed by atoms with E-state index < -0.39 is 12.0 Å². The van der Waals surface area contributed by atoms with Gasteiger partial charge in [-0.25, -0.2) is 0 Å². The quantitative estimate of drug-likeness (QED) is 0.466. The van der Waals surface area contributed by atoms with Gasteiger partial charge in [-0.3, -0.25) is 4.79 Å². The minimum absolute atomic E-state index is 0.0949. The molecule has 0 saturated carbocycles. The monoisotopic (exact) mass is 144 g/mol. The van der Waals surface area contributed by atoms with Gasteiger partial charge in [-0.1, -0.05) is 0 Å². The molecular weight excluding hydrogens is 132 g/mol. The third-order valence-corrected chi connectivity index (χ3v) is 1.86. The minimum Gasteiger partial charge on any atom is -0.480 e. The van der Waals surface area contributed by atoms with Crippen LogP contribution in [0.1, 0.15) is 6.42 Å². The van der Waals surface area contributed by atoms with Crippen molar-refractivity contribution in [2.24, 2.45) is 0 Å². The van der Waals surface area contributed by atoms with E-state index >= 15 is 0 Å². The Morgan fingerprint density at radius 1 is 1.80 bits per heavy atom. The molecule has 1 aliphatic rings. The van der Waals surface area contributed by atoms with Gasteiger partial charge in [-0.15, -0.1) is 0 Å². The van der Waals surface area contributed by atoms with E-state index in [0.717, 1.165) is 13.0 Å². The van der Waals surface area contributed by atoms with Crippen molar-refractivity contribution in [2.45, 2.75) is 18.5 Å². The van der Waals surface area contributed by atoms with Gasteiger partial charge in [-0.05, 0) is 20.0 Å². The van der Waals surface area contributed by atoms with E-state index in [9.17, 15) is 4.79 Å². The van der Waals surface area contributed by atoms with Crippen LogP contribution in [0.2, 0.25) is 0 Å². The molecule has 1 aliphatic heterocycles. The standard InChI is InChI=1S/C6H12N2O2/c1-7-4-2-3-8-5(4)6(9)10/h4-5,7-8H,2-3H2,1H3,(H,9,10)/t4?,5-/m0/s1. The van der Waals surface area contributed by atoms with Crippen LogP contribution < -0.4 is 10.6 Å². The first-order chi connectivity index (χ1) is 4.75. The van der Waals surface area contributed by atoms with Crippen LogP contribution >= 0.6 is 0 Å². The van der Waals surface area contributed by atoms with Gasteiger partial charge in [0.25, 0.3) is 0 Å². The molecule has 58 valence electrons. The van der Waals surface area contributed by atoms with Gasteiger partial charge in [-0.2, -0.15) is 0 Å². The summed E-state index contributed by atoms with van der Waals surface area (Å²) in [6, 6.07) is -0.303. The van der Waals surface area contributed by atoms with Crippen LogP contribution in [0.4, 0.5) is 0 Å². The average Bonchev–Trinajstić information content (AvgIpc) is 2.33. The Kier molecular flexibility index (Phi) is 2.24. The van der Waals surface area contributed by atoms with E-state index in [4.69, 9.17) is 5.11 Å². The highest BCUT2D eigenvalue weighted by Gasteiger charge is 2.30. The highest BCUT2D eigenvalue weighted by Crippen LogP contribution is 2.05. The summed E-state index contributed by atoms with van der Waals surface area (Å²) in [5.74, 6) is -0.767. The number of rotatable bonds is 2. The number of hydrogen-bond donors (Lipinski definition) is 3. The topological polar surface area (TPSA) is 61.4 Å². The molecule has 1 heterocycles. The Morgan fingerprint density at radius 2 is 2.50 bits per heavy atom. The Balaban J connectivity index is 2.50. The van der Waals surface area contributed by atoms with Crippen LogP contribution in [0.25, 0.3) is 0 Å². The summed E-state index contributed by atoms with van der Waals surface area (Å²) < 4.78 is 0. The highest BCUT2D eigenvalue weighted by molar-refractivity contribution is 5.74. The van der Waals surface area contributed by atoms with Crippen LogP contribution in [0.3, 0.4) is 0 Å². The predicted molar refractivity (Wildman–Crippen MR) is 36.9 cm³/mol. The molecule has 0 bridgehead atoms. The zero-order chi connectivity index (χ0) is 7.56. The van der Waals surface area contributed by atoms with E-state index in [2.05, 4.69) is 10.6 Å². The van der Waals surface area contributed by atoms with Gasteiger partial charge < -0.3 is 15.7 Å². The highest BCUT2D eigenvalue weighted by atomic mass is 16.4. The number of carboxylic acids is 1. The fourth-order valence-electron chi connectivity index (χ4n) is 1.27. The molecule has 3 N–H and O–H groups in total. The van der Waals surface area contributed by atoms with E-state index in [1.165, 1.54) is 0 Å². The zero-order valence-corrected chi connectivity index (χ0v) is 5.92. The number of nitrogens with one attached hydrogen (secondary N) is 2. The summed E-state index contributed by atoms with van der Waals surface area (Å²) >= 11 is 0. The van der Waals surface area contributed by atoms with Crippen molar-refractivity contribution >= 4 is 5.97 Å². The van der Waals surface area contributed by atoms with Crippen molar-refractivity contribution in [3.63, 3.8) is 0 Å². The smallest absolute Gasteiger partial charge is 0.322 e. The van der Waals surface area contributed by atoms with Gasteiger partial charge in [0.2, 0.25) is 0 Å². The summed E-state index contributed by atoms with van der Waals surface area (Å²) in [4.78, 5) is 10.5. The zero-order valence-electron chi connectivity index (χ0n) is 5.92. The molecule has 0 aromatic rings. The van der Waals surface area contributed by atoms with Crippen LogP contribution in [-0.2, 0) is 4.79 Å². The number of hydrogen-bond acceptors (Lipinski definition) is 3. The number of carboxylic acid groups (broad SMARTS) is 1. The maximum Gasteiger partial charge on any atom is 0.322 e. The van der Waals surface area contributed by atoms with Crippen LogP contribution in [-0.4, -0.2) is 36.8 Å². The Labute approximate surface area is 59.6 Å². The molecule has 0 amide bonds. The molecule has 1 fully saturated rings. The fraction of sp³-hybridized carbons (Fsp3) is 0.833. The second-order valence-corrected chi connectivity index (χ2v) is 2.45. The molecule has 0 aliphatic carbocycles. The summed E-state index contributed by atoms with van der Waals surface area (Å²) in [6.07, 6.45) is 0.896. The largest absolute Gasteiger partial charge is 0.480 e. The first kappa shape index (κ1) is 7.50. The lowest BCUT2D eigenvalue weighted by Gasteiger charge is -2.13. The van der Waals surface area contributed by atoms with E-state index in [1.807, 2.05) is 0 Å². The molecule has 0 aromatic carbocycles. The van der Waals surface area contributed by atoms with Gasteiger partial charge >= 0.3 is 5.97 Å². The van der Waals surface area contributed by atoms with E-state index in [-0.39, 0.29) is 6.04 Å². The normalized spacial score (nSPS) is 32.5.